The van der Waals surface area contributed by atoms with Gasteiger partial charge in [0, 0.05) is 13.2 Å². The van der Waals surface area contributed by atoms with Gasteiger partial charge in [0.1, 0.15) is 0 Å². The maximum absolute atomic E-state index is 9.95. The molecule has 1 saturated carbocycles. The fourth-order valence-electron chi connectivity index (χ4n) is 3.17. The van der Waals surface area contributed by atoms with Crippen LogP contribution in [-0.2, 0) is 4.74 Å². The monoisotopic (exact) mass is 299 g/mol. The van der Waals surface area contributed by atoms with Gasteiger partial charge in [-0.05, 0) is 37.6 Å². The molecule has 0 aromatic heterocycles. The molecule has 0 heterocycles. The first-order valence-electron chi connectivity index (χ1n) is 9.22. The standard InChI is InChI=1S/C18H37NO2/c1-3-5-9-16(4-2)14-21-15-18(20)13-19-12-17-10-7-6-8-11-17/h16-20H,3-15H2,1-2H3. The highest BCUT2D eigenvalue weighted by Gasteiger charge is 2.14. The van der Waals surface area contributed by atoms with E-state index in [1.54, 1.807) is 0 Å². The van der Waals surface area contributed by atoms with Crippen molar-refractivity contribution in [3.8, 4) is 0 Å². The number of hydrogen-bond donors (Lipinski definition) is 2. The van der Waals surface area contributed by atoms with Gasteiger partial charge in [0.05, 0.1) is 12.7 Å². The summed E-state index contributed by atoms with van der Waals surface area (Å²) in [6, 6.07) is 0. The molecular formula is C18H37NO2. The molecule has 3 heteroatoms. The fraction of sp³-hybridized carbons (Fsp3) is 1.00. The fourth-order valence-corrected chi connectivity index (χ4v) is 3.17. The third kappa shape index (κ3) is 9.49. The summed E-state index contributed by atoms with van der Waals surface area (Å²) < 4.78 is 5.70. The Morgan fingerprint density at radius 3 is 2.57 bits per heavy atom. The summed E-state index contributed by atoms with van der Waals surface area (Å²) in [4.78, 5) is 0. The topological polar surface area (TPSA) is 41.5 Å². The number of aliphatic hydroxyl groups is 1. The predicted molar refractivity (Wildman–Crippen MR) is 89.6 cm³/mol. The molecular weight excluding hydrogens is 262 g/mol. The Morgan fingerprint density at radius 2 is 1.90 bits per heavy atom. The van der Waals surface area contributed by atoms with Crippen LogP contribution in [0.4, 0.5) is 0 Å². The van der Waals surface area contributed by atoms with E-state index < -0.39 is 0 Å². The number of hydrogen-bond acceptors (Lipinski definition) is 3. The van der Waals surface area contributed by atoms with E-state index in [1.807, 2.05) is 0 Å². The second-order valence-electron chi connectivity index (χ2n) is 6.77. The normalized spacial score (nSPS) is 19.6. The molecule has 0 amide bonds. The van der Waals surface area contributed by atoms with Gasteiger partial charge in [-0.1, -0.05) is 52.4 Å². The Kier molecular flexibility index (Phi) is 11.2. The molecule has 2 unspecified atom stereocenters. The van der Waals surface area contributed by atoms with Crippen LogP contribution >= 0.6 is 0 Å². The zero-order chi connectivity index (χ0) is 15.3. The molecule has 3 nitrogen and oxygen atoms in total. The van der Waals surface area contributed by atoms with E-state index in [0.717, 1.165) is 19.1 Å². The molecule has 0 radical (unpaired) electrons. The number of rotatable bonds is 12. The maximum atomic E-state index is 9.95. The highest BCUT2D eigenvalue weighted by molar-refractivity contribution is 4.69. The first kappa shape index (κ1) is 18.9. The number of ether oxygens (including phenoxy) is 1. The number of nitrogens with one attached hydrogen (secondary N) is 1. The van der Waals surface area contributed by atoms with Crippen molar-refractivity contribution in [1.29, 1.82) is 0 Å². The summed E-state index contributed by atoms with van der Waals surface area (Å²) >= 11 is 0. The Morgan fingerprint density at radius 1 is 1.14 bits per heavy atom. The molecule has 2 N–H and O–H groups in total. The summed E-state index contributed by atoms with van der Waals surface area (Å²) in [6.07, 6.45) is 11.5. The van der Waals surface area contributed by atoms with Crippen LogP contribution in [0.3, 0.4) is 0 Å². The van der Waals surface area contributed by atoms with Gasteiger partial charge in [-0.2, -0.15) is 0 Å². The first-order chi connectivity index (χ1) is 10.3. The van der Waals surface area contributed by atoms with Crippen LogP contribution in [0.25, 0.3) is 0 Å². The van der Waals surface area contributed by atoms with Crippen molar-refractivity contribution in [2.24, 2.45) is 11.8 Å². The van der Waals surface area contributed by atoms with Gasteiger partial charge in [-0.25, -0.2) is 0 Å². The van der Waals surface area contributed by atoms with E-state index in [-0.39, 0.29) is 6.10 Å². The van der Waals surface area contributed by atoms with Gasteiger partial charge in [0.15, 0.2) is 0 Å². The van der Waals surface area contributed by atoms with Crippen LogP contribution in [0.2, 0.25) is 0 Å². The average Bonchev–Trinajstić information content (AvgIpc) is 2.51. The molecule has 0 aromatic carbocycles. The molecule has 0 aliphatic heterocycles. The van der Waals surface area contributed by atoms with E-state index in [9.17, 15) is 5.11 Å². The molecule has 1 rings (SSSR count). The molecule has 1 aliphatic rings. The highest BCUT2D eigenvalue weighted by Crippen LogP contribution is 2.22. The maximum Gasteiger partial charge on any atom is 0.0897 e. The Labute approximate surface area is 131 Å². The Hall–Kier alpha value is -0.120. The summed E-state index contributed by atoms with van der Waals surface area (Å²) in [5.74, 6) is 1.48. The minimum absolute atomic E-state index is 0.364. The van der Waals surface area contributed by atoms with Crippen LogP contribution < -0.4 is 5.32 Å². The lowest BCUT2D eigenvalue weighted by Crippen LogP contribution is -2.34. The van der Waals surface area contributed by atoms with Crippen molar-refractivity contribution in [1.82, 2.24) is 5.32 Å². The molecule has 21 heavy (non-hydrogen) atoms. The highest BCUT2D eigenvalue weighted by atomic mass is 16.5. The minimum atomic E-state index is -0.364. The predicted octanol–water partition coefficient (Wildman–Crippen LogP) is 3.75. The smallest absolute Gasteiger partial charge is 0.0897 e. The molecule has 2 atom stereocenters. The van der Waals surface area contributed by atoms with Crippen LogP contribution in [-0.4, -0.2) is 37.5 Å². The first-order valence-corrected chi connectivity index (χ1v) is 9.22. The van der Waals surface area contributed by atoms with E-state index in [0.29, 0.717) is 19.1 Å². The summed E-state index contributed by atoms with van der Waals surface area (Å²) in [5, 5.41) is 13.4. The van der Waals surface area contributed by atoms with Crippen molar-refractivity contribution < 1.29 is 9.84 Å². The van der Waals surface area contributed by atoms with E-state index in [1.165, 1.54) is 57.8 Å². The molecule has 0 saturated heterocycles. The Balaban J connectivity index is 1.98. The summed E-state index contributed by atoms with van der Waals surface area (Å²) in [5.41, 5.74) is 0. The third-order valence-electron chi connectivity index (χ3n) is 4.74. The van der Waals surface area contributed by atoms with Crippen LogP contribution in [0.15, 0.2) is 0 Å². The largest absolute Gasteiger partial charge is 0.389 e. The van der Waals surface area contributed by atoms with Crippen molar-refractivity contribution in [2.45, 2.75) is 77.7 Å². The molecule has 0 spiro atoms. The van der Waals surface area contributed by atoms with Crippen LogP contribution in [0.5, 0.6) is 0 Å². The van der Waals surface area contributed by atoms with E-state index in [2.05, 4.69) is 19.2 Å². The van der Waals surface area contributed by atoms with Crippen molar-refractivity contribution in [2.75, 3.05) is 26.3 Å². The third-order valence-corrected chi connectivity index (χ3v) is 4.74. The van der Waals surface area contributed by atoms with Crippen molar-refractivity contribution >= 4 is 0 Å². The summed E-state index contributed by atoms with van der Waals surface area (Å²) in [7, 11) is 0. The number of unbranched alkanes of at least 4 members (excludes halogenated alkanes) is 1. The molecule has 0 bridgehead atoms. The average molecular weight is 299 g/mol. The lowest BCUT2D eigenvalue weighted by atomic mass is 9.89. The van der Waals surface area contributed by atoms with Crippen molar-refractivity contribution in [3.63, 3.8) is 0 Å². The van der Waals surface area contributed by atoms with Crippen molar-refractivity contribution in [3.05, 3.63) is 0 Å². The molecule has 1 aliphatic carbocycles. The number of aliphatic hydroxyl groups excluding tert-OH is 1. The van der Waals surface area contributed by atoms with Gasteiger partial charge >= 0.3 is 0 Å². The van der Waals surface area contributed by atoms with Gasteiger partial charge in [-0.3, -0.25) is 0 Å². The van der Waals surface area contributed by atoms with Gasteiger partial charge in [-0.15, -0.1) is 0 Å². The second-order valence-corrected chi connectivity index (χ2v) is 6.77. The van der Waals surface area contributed by atoms with Crippen LogP contribution in [0, 0.1) is 11.8 Å². The van der Waals surface area contributed by atoms with Crippen LogP contribution in [0.1, 0.15) is 71.6 Å². The lowest BCUT2D eigenvalue weighted by molar-refractivity contribution is 0.0189. The summed E-state index contributed by atoms with van der Waals surface area (Å²) in [6.45, 7) is 7.46. The van der Waals surface area contributed by atoms with E-state index >= 15 is 0 Å². The lowest BCUT2D eigenvalue weighted by Gasteiger charge is -2.22. The zero-order valence-corrected chi connectivity index (χ0v) is 14.3. The van der Waals surface area contributed by atoms with Gasteiger partial charge in [0.25, 0.3) is 0 Å². The van der Waals surface area contributed by atoms with Gasteiger partial charge < -0.3 is 15.2 Å². The quantitative estimate of drug-likeness (QED) is 0.576. The molecule has 0 aromatic rings. The SMILES string of the molecule is CCCCC(CC)COCC(O)CNCC1CCCCC1. The Bertz CT molecular complexity index is 229. The second kappa shape index (κ2) is 12.4. The molecule has 126 valence electrons. The van der Waals surface area contributed by atoms with E-state index in [4.69, 9.17) is 4.74 Å². The minimum Gasteiger partial charge on any atom is -0.389 e. The zero-order valence-electron chi connectivity index (χ0n) is 14.3. The molecule has 1 fully saturated rings. The van der Waals surface area contributed by atoms with Gasteiger partial charge in [0.2, 0.25) is 0 Å².